The molecule has 4 aliphatic carbocycles. The average Bonchev–Trinajstić information content (AvgIpc) is 1.96. The summed E-state index contributed by atoms with van der Waals surface area (Å²) in [6.07, 6.45) is 10.2. The van der Waals surface area contributed by atoms with E-state index in [0.29, 0.717) is 5.41 Å². The van der Waals surface area contributed by atoms with Crippen molar-refractivity contribution in [2.75, 3.05) is 0 Å². The van der Waals surface area contributed by atoms with Crippen LogP contribution < -0.4 is 5.73 Å². The second-order valence-corrected chi connectivity index (χ2v) is 6.38. The highest BCUT2D eigenvalue weighted by atomic mass is 14.6. The molecular formula is C13H22N. The van der Waals surface area contributed by atoms with E-state index in [0.717, 1.165) is 17.8 Å². The van der Waals surface area contributed by atoms with Gasteiger partial charge in [-0.15, -0.1) is 0 Å². The van der Waals surface area contributed by atoms with Crippen LogP contribution in [-0.4, -0.2) is 6.04 Å². The minimum atomic E-state index is 0.172. The molecular weight excluding hydrogens is 170 g/mol. The van der Waals surface area contributed by atoms with E-state index in [-0.39, 0.29) is 6.04 Å². The molecule has 1 unspecified atom stereocenters. The molecule has 79 valence electrons. The van der Waals surface area contributed by atoms with Gasteiger partial charge in [0.15, 0.2) is 0 Å². The van der Waals surface area contributed by atoms with Crippen LogP contribution in [0.1, 0.15) is 44.9 Å². The van der Waals surface area contributed by atoms with Gasteiger partial charge in [0.05, 0.1) is 0 Å². The molecule has 4 saturated carbocycles. The highest BCUT2D eigenvalue weighted by Crippen LogP contribution is 2.61. The van der Waals surface area contributed by atoms with Crippen molar-refractivity contribution < 1.29 is 0 Å². The largest absolute Gasteiger partial charge is 0.328 e. The lowest BCUT2D eigenvalue weighted by atomic mass is 9.48. The van der Waals surface area contributed by atoms with Gasteiger partial charge in [0, 0.05) is 6.04 Å². The van der Waals surface area contributed by atoms with Crippen LogP contribution in [0.25, 0.3) is 0 Å². The first kappa shape index (κ1) is 9.21. The number of hydrogen-bond donors (Lipinski definition) is 1. The van der Waals surface area contributed by atoms with E-state index in [4.69, 9.17) is 5.73 Å². The van der Waals surface area contributed by atoms with Crippen LogP contribution in [0.4, 0.5) is 0 Å². The monoisotopic (exact) mass is 192 g/mol. The Kier molecular flexibility index (Phi) is 1.96. The number of hydrogen-bond acceptors (Lipinski definition) is 1. The second-order valence-electron chi connectivity index (χ2n) is 6.38. The molecule has 14 heavy (non-hydrogen) atoms. The van der Waals surface area contributed by atoms with Gasteiger partial charge in [-0.2, -0.15) is 0 Å². The Bertz CT molecular complexity index is 190. The summed E-state index contributed by atoms with van der Waals surface area (Å²) >= 11 is 0. The van der Waals surface area contributed by atoms with Crippen LogP contribution in [0.2, 0.25) is 0 Å². The van der Waals surface area contributed by atoms with Crippen LogP contribution in [0.5, 0.6) is 0 Å². The Morgan fingerprint density at radius 1 is 1.07 bits per heavy atom. The third kappa shape index (κ3) is 1.41. The lowest BCUT2D eigenvalue weighted by molar-refractivity contribution is -0.0585. The van der Waals surface area contributed by atoms with Gasteiger partial charge < -0.3 is 5.73 Å². The Morgan fingerprint density at radius 2 is 1.50 bits per heavy atom. The molecule has 2 N–H and O–H groups in total. The van der Waals surface area contributed by atoms with Crippen LogP contribution in [-0.2, 0) is 0 Å². The van der Waals surface area contributed by atoms with Crippen molar-refractivity contribution in [2.24, 2.45) is 28.9 Å². The molecule has 4 aliphatic rings. The second kappa shape index (κ2) is 2.98. The van der Waals surface area contributed by atoms with Gasteiger partial charge >= 0.3 is 0 Å². The molecule has 0 aromatic carbocycles. The smallest absolute Gasteiger partial charge is 0.00446 e. The van der Waals surface area contributed by atoms with Crippen molar-refractivity contribution in [1.29, 1.82) is 0 Å². The summed E-state index contributed by atoms with van der Waals surface area (Å²) < 4.78 is 0. The van der Waals surface area contributed by atoms with Gasteiger partial charge in [-0.05, 0) is 75.0 Å². The molecule has 0 amide bonds. The summed E-state index contributed by atoms with van der Waals surface area (Å²) in [5, 5.41) is 0. The lowest BCUT2D eigenvalue weighted by Crippen LogP contribution is -2.47. The maximum atomic E-state index is 5.90. The third-order valence-electron chi connectivity index (χ3n) is 4.86. The zero-order valence-corrected chi connectivity index (χ0v) is 9.04. The average molecular weight is 192 g/mol. The summed E-state index contributed by atoms with van der Waals surface area (Å²) in [5.41, 5.74) is 6.54. The van der Waals surface area contributed by atoms with Gasteiger partial charge in [0.25, 0.3) is 0 Å². The molecule has 0 aromatic rings. The van der Waals surface area contributed by atoms with E-state index in [1.54, 1.807) is 0 Å². The lowest BCUT2D eigenvalue weighted by Gasteiger charge is -2.57. The number of rotatable bonds is 2. The maximum absolute atomic E-state index is 5.90. The van der Waals surface area contributed by atoms with Crippen LogP contribution in [0.3, 0.4) is 0 Å². The summed E-state index contributed by atoms with van der Waals surface area (Å²) in [4.78, 5) is 0. The highest BCUT2D eigenvalue weighted by Gasteiger charge is 2.50. The van der Waals surface area contributed by atoms with Crippen LogP contribution >= 0.6 is 0 Å². The topological polar surface area (TPSA) is 26.0 Å². The maximum Gasteiger partial charge on any atom is 0.00446 e. The molecule has 0 spiro atoms. The van der Waals surface area contributed by atoms with Crippen LogP contribution in [0.15, 0.2) is 0 Å². The van der Waals surface area contributed by atoms with Gasteiger partial charge in [-0.3, -0.25) is 0 Å². The summed E-state index contributed by atoms with van der Waals surface area (Å²) in [6.45, 7) is 3.99. The molecule has 1 atom stereocenters. The minimum absolute atomic E-state index is 0.172. The Labute approximate surface area is 87.4 Å². The zero-order valence-electron chi connectivity index (χ0n) is 9.04. The Morgan fingerprint density at radius 3 is 1.86 bits per heavy atom. The molecule has 1 heteroatoms. The first-order valence-corrected chi connectivity index (χ1v) is 6.24. The van der Waals surface area contributed by atoms with E-state index in [9.17, 15) is 0 Å². The summed E-state index contributed by atoms with van der Waals surface area (Å²) in [5.74, 6) is 3.17. The van der Waals surface area contributed by atoms with Gasteiger partial charge in [0.2, 0.25) is 0 Å². The highest BCUT2D eigenvalue weighted by molar-refractivity contribution is 5.02. The molecule has 0 saturated heterocycles. The van der Waals surface area contributed by atoms with Crippen molar-refractivity contribution >= 4 is 0 Å². The fourth-order valence-corrected chi connectivity index (χ4v) is 5.10. The summed E-state index contributed by atoms with van der Waals surface area (Å²) in [6, 6.07) is 0.172. The minimum Gasteiger partial charge on any atom is -0.328 e. The quantitative estimate of drug-likeness (QED) is 0.715. The zero-order chi connectivity index (χ0) is 9.76. The Hall–Kier alpha value is -0.0400. The van der Waals surface area contributed by atoms with E-state index < -0.39 is 0 Å². The summed E-state index contributed by atoms with van der Waals surface area (Å²) in [7, 11) is 0. The van der Waals surface area contributed by atoms with Crippen molar-refractivity contribution in [3.63, 3.8) is 0 Å². The SMILES string of the molecule is [CH2]C(N)CC12CC3CC(CC(C3)C1)C2. The van der Waals surface area contributed by atoms with E-state index in [1.165, 1.54) is 44.9 Å². The third-order valence-corrected chi connectivity index (χ3v) is 4.86. The van der Waals surface area contributed by atoms with Crippen molar-refractivity contribution in [1.82, 2.24) is 0 Å². The normalized spacial score (nSPS) is 52.3. The molecule has 1 nitrogen and oxygen atoms in total. The molecule has 4 fully saturated rings. The molecule has 0 aromatic heterocycles. The molecule has 0 heterocycles. The van der Waals surface area contributed by atoms with Crippen molar-refractivity contribution in [2.45, 2.75) is 51.0 Å². The molecule has 1 radical (unpaired) electrons. The van der Waals surface area contributed by atoms with Gasteiger partial charge in [-0.25, -0.2) is 0 Å². The molecule has 0 aliphatic heterocycles. The predicted octanol–water partition coefficient (Wildman–Crippen LogP) is 2.75. The molecule has 4 rings (SSSR count). The van der Waals surface area contributed by atoms with Crippen molar-refractivity contribution in [3.05, 3.63) is 6.92 Å². The first-order valence-electron chi connectivity index (χ1n) is 6.24. The van der Waals surface area contributed by atoms with Crippen molar-refractivity contribution in [3.8, 4) is 0 Å². The van der Waals surface area contributed by atoms with Gasteiger partial charge in [0.1, 0.15) is 0 Å². The molecule has 4 bridgehead atoms. The Balaban J connectivity index is 1.80. The number of nitrogens with two attached hydrogens (primary N) is 1. The standard InChI is InChI=1S/C13H22N/c1-9(14)5-13-6-10-2-11(7-13)4-12(3-10)8-13/h9-12H,1-8,14H2. The predicted molar refractivity (Wildman–Crippen MR) is 58.6 cm³/mol. The van der Waals surface area contributed by atoms with E-state index in [1.807, 2.05) is 0 Å². The van der Waals surface area contributed by atoms with E-state index in [2.05, 4.69) is 6.92 Å². The first-order chi connectivity index (χ1) is 6.65. The van der Waals surface area contributed by atoms with E-state index >= 15 is 0 Å². The van der Waals surface area contributed by atoms with Gasteiger partial charge in [-0.1, -0.05) is 0 Å². The fourth-order valence-electron chi connectivity index (χ4n) is 5.10. The van der Waals surface area contributed by atoms with Crippen LogP contribution in [0, 0.1) is 30.1 Å². The fraction of sp³-hybridized carbons (Fsp3) is 0.923.